The van der Waals surface area contributed by atoms with E-state index >= 15 is 0 Å². The smallest absolute Gasteiger partial charge is 0.262 e. The number of hydrogen-bond donors (Lipinski definition) is 2. The fourth-order valence-electron chi connectivity index (χ4n) is 2.26. The number of nitrogens with zero attached hydrogens (tertiary/aromatic N) is 1. The molecule has 6 nitrogen and oxygen atoms in total. The molecule has 0 saturated heterocycles. The summed E-state index contributed by atoms with van der Waals surface area (Å²) in [6.45, 7) is 0.649. The SMILES string of the molecule is O=C(CSc1cccs1)Nc1cccc(S(=O)(=O)NC2=NCCC2)c1. The van der Waals surface area contributed by atoms with Gasteiger partial charge in [-0.15, -0.1) is 23.1 Å². The molecule has 1 aliphatic heterocycles. The van der Waals surface area contributed by atoms with E-state index in [2.05, 4.69) is 15.0 Å². The van der Waals surface area contributed by atoms with E-state index in [4.69, 9.17) is 0 Å². The number of thiophene rings is 1. The molecule has 1 aromatic carbocycles. The van der Waals surface area contributed by atoms with Crippen LogP contribution in [0.2, 0.25) is 0 Å². The van der Waals surface area contributed by atoms with Crippen molar-refractivity contribution in [1.82, 2.24) is 4.72 Å². The van der Waals surface area contributed by atoms with Gasteiger partial charge in [-0.25, -0.2) is 8.42 Å². The van der Waals surface area contributed by atoms with Gasteiger partial charge in [-0.1, -0.05) is 12.1 Å². The zero-order valence-corrected chi connectivity index (χ0v) is 15.7. The lowest BCUT2D eigenvalue weighted by Crippen LogP contribution is -2.29. The molecule has 1 aromatic heterocycles. The fraction of sp³-hybridized carbons (Fsp3) is 0.250. The summed E-state index contributed by atoms with van der Waals surface area (Å²) in [7, 11) is -3.69. The molecular formula is C16H17N3O3S3. The van der Waals surface area contributed by atoms with Crippen molar-refractivity contribution in [3.63, 3.8) is 0 Å². The number of anilines is 1. The molecule has 9 heteroatoms. The quantitative estimate of drug-likeness (QED) is 0.736. The van der Waals surface area contributed by atoms with Crippen LogP contribution in [0.1, 0.15) is 12.8 Å². The van der Waals surface area contributed by atoms with Gasteiger partial charge in [-0.2, -0.15) is 0 Å². The van der Waals surface area contributed by atoms with Crippen molar-refractivity contribution in [2.45, 2.75) is 21.9 Å². The number of carbonyl (C=O) groups is 1. The Morgan fingerprint density at radius 2 is 2.16 bits per heavy atom. The largest absolute Gasteiger partial charge is 0.325 e. The highest BCUT2D eigenvalue weighted by atomic mass is 32.2. The van der Waals surface area contributed by atoms with Crippen LogP contribution in [0.15, 0.2) is 55.9 Å². The van der Waals surface area contributed by atoms with E-state index in [0.29, 0.717) is 24.5 Å². The van der Waals surface area contributed by atoms with E-state index < -0.39 is 10.0 Å². The van der Waals surface area contributed by atoms with Gasteiger partial charge in [0.1, 0.15) is 5.84 Å². The fourth-order valence-corrected chi connectivity index (χ4v) is 4.98. The third-order valence-electron chi connectivity index (χ3n) is 3.40. The molecule has 0 bridgehead atoms. The molecule has 1 aliphatic rings. The number of rotatable bonds is 6. The third-order valence-corrected chi connectivity index (χ3v) is 6.91. The minimum Gasteiger partial charge on any atom is -0.325 e. The van der Waals surface area contributed by atoms with Crippen LogP contribution in [0.5, 0.6) is 0 Å². The Hall–Kier alpha value is -1.84. The molecule has 3 rings (SSSR count). The van der Waals surface area contributed by atoms with Crippen molar-refractivity contribution in [3.8, 4) is 0 Å². The second kappa shape index (κ2) is 8.03. The number of amidine groups is 1. The first kappa shape index (κ1) is 18.0. The number of amides is 1. The zero-order chi connectivity index (χ0) is 17.7. The van der Waals surface area contributed by atoms with Gasteiger partial charge in [0.05, 0.1) is 14.9 Å². The van der Waals surface area contributed by atoms with Crippen LogP contribution in [0.4, 0.5) is 5.69 Å². The van der Waals surface area contributed by atoms with Crippen LogP contribution in [0, 0.1) is 0 Å². The maximum Gasteiger partial charge on any atom is 0.262 e. The number of nitrogens with one attached hydrogen (secondary N) is 2. The second-order valence-electron chi connectivity index (χ2n) is 5.33. The average molecular weight is 396 g/mol. The van der Waals surface area contributed by atoms with Crippen molar-refractivity contribution in [2.24, 2.45) is 4.99 Å². The lowest BCUT2D eigenvalue weighted by Gasteiger charge is -2.10. The van der Waals surface area contributed by atoms with Gasteiger partial charge in [0.2, 0.25) is 5.91 Å². The van der Waals surface area contributed by atoms with Gasteiger partial charge in [-0.05, 0) is 36.1 Å². The molecule has 0 fully saturated rings. The highest BCUT2D eigenvalue weighted by Gasteiger charge is 2.18. The monoisotopic (exact) mass is 395 g/mol. The molecule has 132 valence electrons. The molecule has 0 atom stereocenters. The van der Waals surface area contributed by atoms with Crippen molar-refractivity contribution < 1.29 is 13.2 Å². The van der Waals surface area contributed by atoms with Gasteiger partial charge < -0.3 is 5.32 Å². The zero-order valence-electron chi connectivity index (χ0n) is 13.3. The second-order valence-corrected chi connectivity index (χ2v) is 9.24. The number of thioether (sulfide) groups is 1. The van der Waals surface area contributed by atoms with Crippen LogP contribution < -0.4 is 10.0 Å². The van der Waals surface area contributed by atoms with E-state index in [1.54, 1.807) is 23.5 Å². The topological polar surface area (TPSA) is 87.6 Å². The summed E-state index contributed by atoms with van der Waals surface area (Å²) in [5.41, 5.74) is 0.452. The summed E-state index contributed by atoms with van der Waals surface area (Å²) in [5, 5.41) is 4.69. The van der Waals surface area contributed by atoms with Crippen LogP contribution in [0.3, 0.4) is 0 Å². The Labute approximate surface area is 154 Å². The Bertz CT molecular complexity index is 877. The van der Waals surface area contributed by atoms with E-state index in [9.17, 15) is 13.2 Å². The standard InChI is InChI=1S/C16H17N3O3S3/c20-15(11-24-16-7-3-9-23-16)18-12-4-1-5-13(10-12)25(21,22)19-14-6-2-8-17-14/h1,3-5,7,9-10H,2,6,8,11H2,(H,17,19)(H,18,20). The third kappa shape index (κ3) is 5.07. The first-order valence-electron chi connectivity index (χ1n) is 7.65. The molecule has 2 N–H and O–H groups in total. The maximum absolute atomic E-state index is 12.4. The summed E-state index contributed by atoms with van der Waals surface area (Å²) in [6, 6.07) is 10.1. The lowest BCUT2D eigenvalue weighted by molar-refractivity contribution is -0.113. The molecule has 0 aliphatic carbocycles. The Kier molecular flexibility index (Phi) is 5.77. The van der Waals surface area contributed by atoms with E-state index in [1.807, 2.05) is 17.5 Å². The minimum absolute atomic E-state index is 0.103. The molecular weight excluding hydrogens is 378 g/mol. The summed E-state index contributed by atoms with van der Waals surface area (Å²) in [4.78, 5) is 16.3. The molecule has 25 heavy (non-hydrogen) atoms. The van der Waals surface area contributed by atoms with Crippen LogP contribution in [0.25, 0.3) is 0 Å². The Morgan fingerprint density at radius 3 is 2.88 bits per heavy atom. The average Bonchev–Trinajstić information content (AvgIpc) is 3.26. The van der Waals surface area contributed by atoms with Crippen molar-refractivity contribution in [3.05, 3.63) is 41.8 Å². The lowest BCUT2D eigenvalue weighted by atomic mass is 10.3. The molecule has 1 amide bonds. The van der Waals surface area contributed by atoms with Gasteiger partial charge in [0.15, 0.2) is 0 Å². The number of aliphatic imine (C=N–C) groups is 1. The predicted octanol–water partition coefficient (Wildman–Crippen LogP) is 2.95. The first-order chi connectivity index (χ1) is 12.0. The number of hydrogen-bond acceptors (Lipinski definition) is 6. The molecule has 2 heterocycles. The number of carbonyl (C=O) groups excluding carboxylic acids is 1. The Balaban J connectivity index is 1.63. The number of benzene rings is 1. The Morgan fingerprint density at radius 1 is 1.28 bits per heavy atom. The van der Waals surface area contributed by atoms with Gasteiger partial charge in [0.25, 0.3) is 10.0 Å². The normalized spacial score (nSPS) is 14.2. The molecule has 0 radical (unpaired) electrons. The molecule has 2 aromatic rings. The van der Waals surface area contributed by atoms with Crippen molar-refractivity contribution in [1.29, 1.82) is 0 Å². The minimum atomic E-state index is -3.69. The maximum atomic E-state index is 12.4. The first-order valence-corrected chi connectivity index (χ1v) is 11.0. The summed E-state index contributed by atoms with van der Waals surface area (Å²) in [6.07, 6.45) is 1.49. The highest BCUT2D eigenvalue weighted by Crippen LogP contribution is 2.23. The van der Waals surface area contributed by atoms with Crippen molar-refractivity contribution in [2.75, 3.05) is 17.6 Å². The van der Waals surface area contributed by atoms with Gasteiger partial charge in [-0.3, -0.25) is 14.5 Å². The van der Waals surface area contributed by atoms with E-state index in [1.165, 1.54) is 23.9 Å². The summed E-state index contributed by atoms with van der Waals surface area (Å²) >= 11 is 3.02. The predicted molar refractivity (Wildman–Crippen MR) is 102 cm³/mol. The van der Waals surface area contributed by atoms with Gasteiger partial charge in [0, 0.05) is 18.7 Å². The molecule has 0 saturated carbocycles. The summed E-state index contributed by atoms with van der Waals surface area (Å²) in [5.74, 6) is 0.579. The van der Waals surface area contributed by atoms with E-state index in [0.717, 1.165) is 10.6 Å². The molecule has 0 unspecified atom stereocenters. The van der Waals surface area contributed by atoms with E-state index in [-0.39, 0.29) is 16.6 Å². The van der Waals surface area contributed by atoms with Gasteiger partial charge >= 0.3 is 0 Å². The number of sulfonamides is 1. The van der Waals surface area contributed by atoms with Crippen LogP contribution in [-0.2, 0) is 14.8 Å². The van der Waals surface area contributed by atoms with Crippen LogP contribution >= 0.6 is 23.1 Å². The highest BCUT2D eigenvalue weighted by molar-refractivity contribution is 8.01. The van der Waals surface area contributed by atoms with Crippen LogP contribution in [-0.4, -0.2) is 32.5 Å². The summed E-state index contributed by atoms with van der Waals surface area (Å²) < 4.78 is 28.4. The molecule has 0 spiro atoms. The van der Waals surface area contributed by atoms with Crippen molar-refractivity contribution >= 4 is 50.6 Å².